The fraction of sp³-hybridized carbons (Fsp3) is 1.00. The van der Waals surface area contributed by atoms with Gasteiger partial charge in [-0.1, -0.05) is 0 Å². The SMILES string of the molecule is N[C@H]1C2C(CO)[C@@H](O)[C@H](O)[C@]21O. The maximum Gasteiger partial charge on any atom is 0.113 e. The van der Waals surface area contributed by atoms with Crippen LogP contribution in [0, 0.1) is 11.8 Å². The van der Waals surface area contributed by atoms with Crippen LogP contribution in [-0.2, 0) is 0 Å². The molecular weight excluding hydrogens is 162 g/mol. The van der Waals surface area contributed by atoms with Crippen LogP contribution in [0.2, 0.25) is 0 Å². The van der Waals surface area contributed by atoms with Crippen LogP contribution >= 0.6 is 0 Å². The van der Waals surface area contributed by atoms with Gasteiger partial charge in [-0.15, -0.1) is 0 Å². The van der Waals surface area contributed by atoms with E-state index in [0.29, 0.717) is 0 Å². The second-order valence-corrected chi connectivity index (χ2v) is 3.72. The topological polar surface area (TPSA) is 107 Å². The van der Waals surface area contributed by atoms with Crippen LogP contribution in [0.15, 0.2) is 0 Å². The zero-order valence-corrected chi connectivity index (χ0v) is 6.46. The van der Waals surface area contributed by atoms with Gasteiger partial charge in [0.2, 0.25) is 0 Å². The van der Waals surface area contributed by atoms with Gasteiger partial charge in [-0.05, 0) is 0 Å². The summed E-state index contributed by atoms with van der Waals surface area (Å²) in [6, 6.07) is -0.506. The van der Waals surface area contributed by atoms with E-state index in [0.717, 1.165) is 0 Å². The molecule has 0 heterocycles. The van der Waals surface area contributed by atoms with Crippen LogP contribution in [-0.4, -0.2) is 50.9 Å². The lowest BCUT2D eigenvalue weighted by molar-refractivity contribution is -0.0645. The van der Waals surface area contributed by atoms with E-state index in [-0.39, 0.29) is 12.5 Å². The number of fused-ring (bicyclic) bond motifs is 1. The molecule has 0 bridgehead atoms. The molecule has 2 saturated carbocycles. The molecule has 6 atom stereocenters. The van der Waals surface area contributed by atoms with Gasteiger partial charge in [0, 0.05) is 24.5 Å². The predicted octanol–water partition coefficient (Wildman–Crippen LogP) is -2.98. The first-order chi connectivity index (χ1) is 5.55. The number of aliphatic hydroxyl groups is 4. The lowest BCUT2D eigenvalue weighted by Gasteiger charge is -2.21. The molecular formula is C7H13NO4. The fourth-order valence-corrected chi connectivity index (χ4v) is 2.39. The summed E-state index contributed by atoms with van der Waals surface area (Å²) in [5, 5.41) is 37.1. The molecule has 2 aliphatic rings. The minimum absolute atomic E-state index is 0.251. The maximum absolute atomic E-state index is 9.63. The van der Waals surface area contributed by atoms with Crippen molar-refractivity contribution in [1.29, 1.82) is 0 Å². The van der Waals surface area contributed by atoms with Gasteiger partial charge in [0.15, 0.2) is 0 Å². The molecule has 5 nitrogen and oxygen atoms in total. The van der Waals surface area contributed by atoms with Gasteiger partial charge in [0.05, 0.1) is 6.10 Å². The Hall–Kier alpha value is -0.200. The molecule has 0 spiro atoms. The normalized spacial score (nSPS) is 63.2. The molecule has 70 valence electrons. The van der Waals surface area contributed by atoms with Crippen LogP contribution in [0.5, 0.6) is 0 Å². The van der Waals surface area contributed by atoms with Gasteiger partial charge in [-0.3, -0.25) is 0 Å². The molecule has 2 rings (SSSR count). The Morgan fingerprint density at radius 2 is 1.92 bits per heavy atom. The Morgan fingerprint density at radius 1 is 1.33 bits per heavy atom. The lowest BCUT2D eigenvalue weighted by atomic mass is 9.99. The summed E-state index contributed by atoms with van der Waals surface area (Å²) in [7, 11) is 0. The Balaban J connectivity index is 2.23. The summed E-state index contributed by atoms with van der Waals surface area (Å²) in [6.45, 7) is -0.251. The van der Waals surface area contributed by atoms with E-state index in [4.69, 9.17) is 10.8 Å². The van der Waals surface area contributed by atoms with Crippen LogP contribution in [0.25, 0.3) is 0 Å². The fourth-order valence-electron chi connectivity index (χ4n) is 2.39. The van der Waals surface area contributed by atoms with Crippen molar-refractivity contribution in [2.45, 2.75) is 23.9 Å². The van der Waals surface area contributed by atoms with E-state index < -0.39 is 29.8 Å². The summed E-state index contributed by atoms with van der Waals surface area (Å²) in [5.74, 6) is -0.840. The standard InChI is InChI=1S/C7H13NO4/c8-5-3-2(1-9)4(10)6(11)7(3,5)12/h2-6,9-12H,1,8H2/t2?,3?,4-,5+,6+,7+/m1/s1. The number of hydrogen-bond acceptors (Lipinski definition) is 5. The van der Waals surface area contributed by atoms with Crippen molar-refractivity contribution >= 4 is 0 Å². The molecule has 0 saturated heterocycles. The largest absolute Gasteiger partial charge is 0.396 e. The van der Waals surface area contributed by atoms with Crippen LogP contribution in [0.1, 0.15) is 0 Å². The first-order valence-electron chi connectivity index (χ1n) is 4.00. The van der Waals surface area contributed by atoms with Crippen LogP contribution < -0.4 is 5.73 Å². The zero-order valence-electron chi connectivity index (χ0n) is 6.46. The molecule has 0 aromatic rings. The Kier molecular flexibility index (Phi) is 1.53. The van der Waals surface area contributed by atoms with Crippen LogP contribution in [0.4, 0.5) is 0 Å². The minimum Gasteiger partial charge on any atom is -0.396 e. The summed E-state index contributed by atoms with van der Waals surface area (Å²) in [6.07, 6.45) is -2.26. The van der Waals surface area contributed by atoms with Crippen molar-refractivity contribution in [2.24, 2.45) is 17.6 Å². The molecule has 2 fully saturated rings. The molecule has 6 N–H and O–H groups in total. The summed E-state index contributed by atoms with van der Waals surface area (Å²) in [5.41, 5.74) is 4.14. The predicted molar refractivity (Wildman–Crippen MR) is 39.0 cm³/mol. The summed E-state index contributed by atoms with van der Waals surface area (Å²) in [4.78, 5) is 0. The highest BCUT2D eigenvalue weighted by molar-refractivity contribution is 5.29. The van der Waals surface area contributed by atoms with Gasteiger partial charge >= 0.3 is 0 Å². The highest BCUT2D eigenvalue weighted by Gasteiger charge is 2.76. The third kappa shape index (κ3) is 0.664. The van der Waals surface area contributed by atoms with E-state index in [1.165, 1.54) is 0 Å². The molecule has 2 aliphatic carbocycles. The van der Waals surface area contributed by atoms with E-state index in [1.54, 1.807) is 0 Å². The smallest absolute Gasteiger partial charge is 0.113 e. The molecule has 12 heavy (non-hydrogen) atoms. The Bertz CT molecular complexity index is 212. The van der Waals surface area contributed by atoms with Gasteiger partial charge in [0.25, 0.3) is 0 Å². The maximum atomic E-state index is 9.63. The first-order valence-corrected chi connectivity index (χ1v) is 4.00. The van der Waals surface area contributed by atoms with Gasteiger partial charge < -0.3 is 26.2 Å². The average molecular weight is 175 g/mol. The third-order valence-corrected chi connectivity index (χ3v) is 3.25. The van der Waals surface area contributed by atoms with E-state index in [1.807, 2.05) is 0 Å². The highest BCUT2D eigenvalue weighted by Crippen LogP contribution is 2.57. The van der Waals surface area contributed by atoms with E-state index >= 15 is 0 Å². The van der Waals surface area contributed by atoms with Crippen molar-refractivity contribution in [1.82, 2.24) is 0 Å². The summed E-state index contributed by atoms with van der Waals surface area (Å²) >= 11 is 0. The quantitative estimate of drug-likeness (QED) is 0.292. The Labute approximate surface area is 69.4 Å². The van der Waals surface area contributed by atoms with Crippen molar-refractivity contribution in [3.05, 3.63) is 0 Å². The lowest BCUT2D eigenvalue weighted by Crippen LogP contribution is -2.43. The number of aliphatic hydroxyl groups excluding tert-OH is 3. The number of hydrogen-bond donors (Lipinski definition) is 5. The minimum atomic E-state index is -1.35. The summed E-state index contributed by atoms with van der Waals surface area (Å²) < 4.78 is 0. The van der Waals surface area contributed by atoms with Crippen molar-refractivity contribution in [3.8, 4) is 0 Å². The molecule has 0 amide bonds. The molecule has 0 aromatic carbocycles. The number of rotatable bonds is 1. The molecule has 0 aromatic heterocycles. The van der Waals surface area contributed by atoms with Crippen molar-refractivity contribution in [2.75, 3.05) is 6.61 Å². The molecule has 0 aliphatic heterocycles. The molecule has 2 unspecified atom stereocenters. The van der Waals surface area contributed by atoms with Gasteiger partial charge in [0.1, 0.15) is 11.7 Å². The zero-order chi connectivity index (χ0) is 9.09. The van der Waals surface area contributed by atoms with Gasteiger partial charge in [-0.25, -0.2) is 0 Å². The third-order valence-electron chi connectivity index (χ3n) is 3.25. The van der Waals surface area contributed by atoms with Crippen LogP contribution in [0.3, 0.4) is 0 Å². The van der Waals surface area contributed by atoms with Gasteiger partial charge in [-0.2, -0.15) is 0 Å². The first kappa shape index (κ1) is 8.40. The average Bonchev–Trinajstić information content (AvgIpc) is 2.50. The number of nitrogens with two attached hydrogens (primary N) is 1. The van der Waals surface area contributed by atoms with E-state index in [9.17, 15) is 15.3 Å². The second kappa shape index (κ2) is 2.18. The Morgan fingerprint density at radius 3 is 2.25 bits per heavy atom. The molecule has 0 radical (unpaired) electrons. The monoisotopic (exact) mass is 175 g/mol. The molecule has 5 heteroatoms. The second-order valence-electron chi connectivity index (χ2n) is 3.72. The highest BCUT2D eigenvalue weighted by atomic mass is 16.4. The van der Waals surface area contributed by atoms with E-state index in [2.05, 4.69) is 0 Å². The van der Waals surface area contributed by atoms with Crippen molar-refractivity contribution in [3.63, 3.8) is 0 Å². The van der Waals surface area contributed by atoms with Crippen molar-refractivity contribution < 1.29 is 20.4 Å².